The number of hydrogen-bond donors (Lipinski definition) is 2. The second-order valence-electron chi connectivity index (χ2n) is 4.34. The molecule has 0 atom stereocenters. The predicted molar refractivity (Wildman–Crippen MR) is 82.8 cm³/mol. The molecule has 3 N–H and O–H groups in total. The van der Waals surface area contributed by atoms with Crippen LogP contribution in [0.25, 0.3) is 0 Å². The van der Waals surface area contributed by atoms with Crippen LogP contribution in [-0.2, 0) is 16.6 Å². The molecule has 0 amide bonds. The number of benzene rings is 2. The molecule has 0 spiro atoms. The predicted octanol–water partition coefficient (Wildman–Crippen LogP) is 1.94. The second-order valence-corrected chi connectivity index (χ2v) is 6.55. The molecule has 0 aliphatic carbocycles. The van der Waals surface area contributed by atoms with Crippen molar-refractivity contribution in [3.63, 3.8) is 0 Å². The van der Waals surface area contributed by atoms with E-state index in [0.29, 0.717) is 11.1 Å². The molecule has 0 saturated heterocycles. The fourth-order valence-electron chi connectivity index (χ4n) is 1.66. The van der Waals surface area contributed by atoms with Crippen LogP contribution in [-0.4, -0.2) is 13.4 Å². The van der Waals surface area contributed by atoms with Gasteiger partial charge in [-0.2, -0.15) is 0 Å². The van der Waals surface area contributed by atoms with Crippen LogP contribution in [0.2, 0.25) is 0 Å². The average molecular weight is 324 g/mol. The Morgan fingerprint density at radius 3 is 2.19 bits per heavy atom. The summed E-state index contributed by atoms with van der Waals surface area (Å²) in [7, 11) is -3.64. The van der Waals surface area contributed by atoms with Crippen LogP contribution in [0.3, 0.4) is 0 Å². The Morgan fingerprint density at radius 1 is 1.10 bits per heavy atom. The zero-order valence-corrected chi connectivity index (χ0v) is 12.5. The van der Waals surface area contributed by atoms with Crippen LogP contribution < -0.4 is 10.5 Å². The molecular formula is C14H13FN2O2S2. The molecule has 0 fully saturated rings. The minimum Gasteiger partial charge on any atom is -0.389 e. The van der Waals surface area contributed by atoms with E-state index >= 15 is 0 Å². The van der Waals surface area contributed by atoms with Crippen molar-refractivity contribution in [1.82, 2.24) is 4.72 Å². The molecule has 110 valence electrons. The van der Waals surface area contributed by atoms with Crippen LogP contribution in [0, 0.1) is 5.82 Å². The monoisotopic (exact) mass is 324 g/mol. The maximum atomic E-state index is 12.8. The third-order valence-electron chi connectivity index (χ3n) is 2.83. The Kier molecular flexibility index (Phi) is 4.66. The van der Waals surface area contributed by atoms with Gasteiger partial charge in [0.1, 0.15) is 10.8 Å². The van der Waals surface area contributed by atoms with Crippen molar-refractivity contribution in [2.75, 3.05) is 0 Å². The fraction of sp³-hybridized carbons (Fsp3) is 0.0714. The molecule has 0 aromatic heterocycles. The van der Waals surface area contributed by atoms with Gasteiger partial charge in [0.2, 0.25) is 10.0 Å². The Bertz CT molecular complexity index is 742. The lowest BCUT2D eigenvalue weighted by molar-refractivity contribution is 0.581. The Labute approximate surface area is 127 Å². The molecule has 2 aromatic carbocycles. The topological polar surface area (TPSA) is 72.2 Å². The maximum absolute atomic E-state index is 12.8. The summed E-state index contributed by atoms with van der Waals surface area (Å²) in [5.74, 6) is -0.366. The molecule has 2 rings (SSSR count). The van der Waals surface area contributed by atoms with E-state index in [1.165, 1.54) is 36.4 Å². The maximum Gasteiger partial charge on any atom is 0.240 e. The highest BCUT2D eigenvalue weighted by atomic mass is 32.2. The van der Waals surface area contributed by atoms with Crippen molar-refractivity contribution in [2.45, 2.75) is 11.4 Å². The number of sulfonamides is 1. The number of nitrogens with two attached hydrogens (primary N) is 1. The van der Waals surface area contributed by atoms with Gasteiger partial charge in [-0.25, -0.2) is 17.5 Å². The average Bonchev–Trinajstić information content (AvgIpc) is 2.47. The van der Waals surface area contributed by atoms with E-state index in [-0.39, 0.29) is 22.2 Å². The normalized spacial score (nSPS) is 11.3. The van der Waals surface area contributed by atoms with E-state index in [9.17, 15) is 12.8 Å². The van der Waals surface area contributed by atoms with E-state index < -0.39 is 10.0 Å². The molecule has 7 heteroatoms. The summed E-state index contributed by atoms with van der Waals surface area (Å²) in [6, 6.07) is 11.6. The number of nitrogens with one attached hydrogen (secondary N) is 1. The molecule has 0 aliphatic heterocycles. The first kappa shape index (κ1) is 15.6. The number of hydrogen-bond acceptors (Lipinski definition) is 3. The first-order chi connectivity index (χ1) is 9.88. The third-order valence-corrected chi connectivity index (χ3v) is 4.48. The van der Waals surface area contributed by atoms with Crippen molar-refractivity contribution in [3.8, 4) is 0 Å². The Balaban J connectivity index is 2.11. The number of thiocarbonyl (C=S) groups is 1. The lowest BCUT2D eigenvalue weighted by atomic mass is 10.2. The molecule has 0 bridgehead atoms. The van der Waals surface area contributed by atoms with Gasteiger partial charge in [0.25, 0.3) is 0 Å². The smallest absolute Gasteiger partial charge is 0.240 e. The highest BCUT2D eigenvalue weighted by Gasteiger charge is 2.13. The highest BCUT2D eigenvalue weighted by molar-refractivity contribution is 7.89. The van der Waals surface area contributed by atoms with Gasteiger partial charge in [-0.05, 0) is 29.8 Å². The van der Waals surface area contributed by atoms with Gasteiger partial charge in [-0.15, -0.1) is 0 Å². The van der Waals surface area contributed by atoms with Crippen LogP contribution in [0.4, 0.5) is 4.39 Å². The first-order valence-corrected chi connectivity index (χ1v) is 7.91. The lowest BCUT2D eigenvalue weighted by Crippen LogP contribution is -2.23. The standard InChI is InChI=1S/C14H13FN2O2S2/c15-12-5-1-10(2-6-12)9-17-21(18,19)13-7-3-11(4-8-13)14(16)20/h1-8,17H,9H2,(H2,16,20). The largest absolute Gasteiger partial charge is 0.389 e. The SMILES string of the molecule is NC(=S)c1ccc(S(=O)(=O)NCc2ccc(F)cc2)cc1. The summed E-state index contributed by atoms with van der Waals surface area (Å²) < 4.78 is 39.4. The van der Waals surface area contributed by atoms with Crippen molar-refractivity contribution in [3.05, 3.63) is 65.5 Å². The summed E-state index contributed by atoms with van der Waals surface area (Å²) >= 11 is 4.81. The van der Waals surface area contributed by atoms with Crippen molar-refractivity contribution < 1.29 is 12.8 Å². The second kappa shape index (κ2) is 6.30. The van der Waals surface area contributed by atoms with Gasteiger partial charge >= 0.3 is 0 Å². The van der Waals surface area contributed by atoms with Gasteiger partial charge in [-0.1, -0.05) is 36.5 Å². The van der Waals surface area contributed by atoms with Gasteiger partial charge in [-0.3, -0.25) is 0 Å². The summed E-state index contributed by atoms with van der Waals surface area (Å²) in [6.45, 7) is 0.0830. The first-order valence-electron chi connectivity index (χ1n) is 6.02. The van der Waals surface area contributed by atoms with E-state index in [2.05, 4.69) is 4.72 Å². The Morgan fingerprint density at radius 2 is 1.67 bits per heavy atom. The van der Waals surface area contributed by atoms with Gasteiger partial charge in [0.15, 0.2) is 0 Å². The molecule has 4 nitrogen and oxygen atoms in total. The molecule has 2 aromatic rings. The van der Waals surface area contributed by atoms with Crippen molar-refractivity contribution >= 4 is 27.2 Å². The van der Waals surface area contributed by atoms with Crippen LogP contribution in [0.15, 0.2) is 53.4 Å². The molecule has 0 aliphatic rings. The van der Waals surface area contributed by atoms with Crippen molar-refractivity contribution in [1.29, 1.82) is 0 Å². The summed E-state index contributed by atoms with van der Waals surface area (Å²) in [5.41, 5.74) is 6.72. The molecule has 0 unspecified atom stereocenters. The van der Waals surface area contributed by atoms with Gasteiger partial charge in [0.05, 0.1) is 4.90 Å². The molecule has 21 heavy (non-hydrogen) atoms. The minimum atomic E-state index is -3.64. The van der Waals surface area contributed by atoms with E-state index in [4.69, 9.17) is 18.0 Å². The lowest BCUT2D eigenvalue weighted by Gasteiger charge is -2.07. The van der Waals surface area contributed by atoms with E-state index in [1.807, 2.05) is 0 Å². The van der Waals surface area contributed by atoms with Gasteiger partial charge < -0.3 is 5.73 Å². The van der Waals surface area contributed by atoms with Crippen LogP contribution in [0.5, 0.6) is 0 Å². The summed E-state index contributed by atoms with van der Waals surface area (Å²) in [5, 5.41) is 0. The minimum absolute atomic E-state index is 0.0830. The highest BCUT2D eigenvalue weighted by Crippen LogP contribution is 2.11. The fourth-order valence-corrected chi connectivity index (χ4v) is 2.82. The zero-order valence-electron chi connectivity index (χ0n) is 10.9. The number of halogens is 1. The molecule has 0 radical (unpaired) electrons. The van der Waals surface area contributed by atoms with Gasteiger partial charge in [0, 0.05) is 12.1 Å². The van der Waals surface area contributed by atoms with E-state index in [0.717, 1.165) is 0 Å². The third kappa shape index (κ3) is 4.07. The zero-order chi connectivity index (χ0) is 15.5. The molecular weight excluding hydrogens is 311 g/mol. The Hall–Kier alpha value is -1.83. The summed E-state index contributed by atoms with van der Waals surface area (Å²) in [6.07, 6.45) is 0. The van der Waals surface area contributed by atoms with E-state index in [1.54, 1.807) is 12.1 Å². The van der Waals surface area contributed by atoms with Crippen LogP contribution in [0.1, 0.15) is 11.1 Å². The number of rotatable bonds is 5. The molecule has 0 saturated carbocycles. The summed E-state index contributed by atoms with van der Waals surface area (Å²) in [4.78, 5) is 0.322. The molecule has 0 heterocycles. The van der Waals surface area contributed by atoms with Crippen molar-refractivity contribution in [2.24, 2.45) is 5.73 Å². The van der Waals surface area contributed by atoms with Crippen LogP contribution >= 0.6 is 12.2 Å². The quantitative estimate of drug-likeness (QED) is 0.825.